The van der Waals surface area contributed by atoms with E-state index >= 15 is 0 Å². The fourth-order valence-corrected chi connectivity index (χ4v) is 4.54. The van der Waals surface area contributed by atoms with Crippen LogP contribution < -0.4 is 0 Å². The Kier molecular flexibility index (Phi) is 12.1. The molecule has 2 saturated carbocycles. The molecule has 0 aromatic heterocycles. The third-order valence-corrected chi connectivity index (χ3v) is 6.58. The number of unbranched alkanes of at least 4 members (excludes halogenated alkanes) is 4. The molecule has 0 saturated heterocycles. The van der Waals surface area contributed by atoms with Gasteiger partial charge in [0.15, 0.2) is 0 Å². The zero-order chi connectivity index (χ0) is 21.6. The van der Waals surface area contributed by atoms with Crippen LogP contribution in [-0.4, -0.2) is 24.3 Å². The first-order valence-electron chi connectivity index (χ1n) is 12.4. The Morgan fingerprint density at radius 1 is 0.967 bits per heavy atom. The SMILES string of the molecule is CCCCC/C=C\CC(C1CC1)C(C1CC1)[C@@H](O)/C=C\C/C=C\CCCC(=O)OC. The van der Waals surface area contributed by atoms with E-state index in [1.165, 1.54) is 58.5 Å². The van der Waals surface area contributed by atoms with Crippen LogP contribution in [0.4, 0.5) is 0 Å². The van der Waals surface area contributed by atoms with Gasteiger partial charge in [-0.3, -0.25) is 4.79 Å². The Morgan fingerprint density at radius 3 is 2.33 bits per heavy atom. The van der Waals surface area contributed by atoms with Crippen molar-refractivity contribution in [1.82, 2.24) is 0 Å². The van der Waals surface area contributed by atoms with E-state index in [4.69, 9.17) is 0 Å². The van der Waals surface area contributed by atoms with Crippen LogP contribution in [0.1, 0.15) is 90.4 Å². The number of aliphatic hydroxyl groups excluding tert-OH is 1. The predicted molar refractivity (Wildman–Crippen MR) is 125 cm³/mol. The van der Waals surface area contributed by atoms with Gasteiger partial charge in [0.05, 0.1) is 13.2 Å². The molecule has 2 aliphatic rings. The monoisotopic (exact) mass is 416 g/mol. The first-order chi connectivity index (χ1) is 14.7. The smallest absolute Gasteiger partial charge is 0.305 e. The molecule has 0 bridgehead atoms. The molecule has 0 aromatic rings. The van der Waals surface area contributed by atoms with Crippen molar-refractivity contribution in [3.05, 3.63) is 36.5 Å². The molecule has 2 rings (SSSR count). The van der Waals surface area contributed by atoms with Crippen LogP contribution >= 0.6 is 0 Å². The fourth-order valence-electron chi connectivity index (χ4n) is 4.54. The molecular formula is C27H44O3. The predicted octanol–water partition coefficient (Wildman–Crippen LogP) is 6.77. The van der Waals surface area contributed by atoms with Gasteiger partial charge in [-0.05, 0) is 87.9 Å². The number of hydrogen-bond donors (Lipinski definition) is 1. The lowest BCUT2D eigenvalue weighted by atomic mass is 9.78. The van der Waals surface area contributed by atoms with Gasteiger partial charge in [0.1, 0.15) is 0 Å². The number of ether oxygens (including phenoxy) is 1. The summed E-state index contributed by atoms with van der Waals surface area (Å²) >= 11 is 0. The van der Waals surface area contributed by atoms with Crippen molar-refractivity contribution in [2.75, 3.05) is 7.11 Å². The molecule has 0 heterocycles. The number of carbonyl (C=O) groups is 1. The fraction of sp³-hybridized carbons (Fsp3) is 0.741. The number of rotatable bonds is 17. The molecule has 0 spiro atoms. The van der Waals surface area contributed by atoms with E-state index < -0.39 is 0 Å². The molecule has 0 amide bonds. The Bertz CT molecular complexity index is 554. The number of hydrogen-bond acceptors (Lipinski definition) is 3. The average Bonchev–Trinajstić information content (AvgIpc) is 3.64. The molecule has 0 aromatic carbocycles. The van der Waals surface area contributed by atoms with Crippen LogP contribution in [0.15, 0.2) is 36.5 Å². The van der Waals surface area contributed by atoms with Crippen LogP contribution in [0.3, 0.4) is 0 Å². The summed E-state index contributed by atoms with van der Waals surface area (Å²) in [4.78, 5) is 11.1. The van der Waals surface area contributed by atoms with E-state index in [-0.39, 0.29) is 12.1 Å². The van der Waals surface area contributed by atoms with Gasteiger partial charge in [-0.1, -0.05) is 56.2 Å². The lowest BCUT2D eigenvalue weighted by Crippen LogP contribution is -2.29. The highest BCUT2D eigenvalue weighted by atomic mass is 16.5. The average molecular weight is 417 g/mol. The van der Waals surface area contributed by atoms with E-state index in [0.29, 0.717) is 18.3 Å². The van der Waals surface area contributed by atoms with Crippen molar-refractivity contribution < 1.29 is 14.6 Å². The van der Waals surface area contributed by atoms with Gasteiger partial charge in [-0.15, -0.1) is 0 Å². The largest absolute Gasteiger partial charge is 0.469 e. The summed E-state index contributed by atoms with van der Waals surface area (Å²) in [6.45, 7) is 2.25. The van der Waals surface area contributed by atoms with Crippen molar-refractivity contribution in [2.45, 2.75) is 96.5 Å². The topological polar surface area (TPSA) is 46.5 Å². The summed E-state index contributed by atoms with van der Waals surface area (Å²) in [5.74, 6) is 2.48. The Labute approximate surface area is 184 Å². The zero-order valence-corrected chi connectivity index (χ0v) is 19.3. The number of aliphatic hydroxyl groups is 1. The Balaban J connectivity index is 1.76. The molecule has 30 heavy (non-hydrogen) atoms. The minimum absolute atomic E-state index is 0.140. The summed E-state index contributed by atoms with van der Waals surface area (Å²) in [6, 6.07) is 0. The lowest BCUT2D eigenvalue weighted by molar-refractivity contribution is -0.140. The van der Waals surface area contributed by atoms with Crippen LogP contribution in [-0.2, 0) is 9.53 Å². The second kappa shape index (κ2) is 14.6. The quantitative estimate of drug-likeness (QED) is 0.162. The van der Waals surface area contributed by atoms with Gasteiger partial charge in [0, 0.05) is 6.42 Å². The molecule has 0 radical (unpaired) electrons. The van der Waals surface area contributed by atoms with E-state index in [0.717, 1.165) is 37.5 Å². The normalized spacial score (nSPS) is 20.2. The maximum absolute atomic E-state index is 11.1. The molecule has 0 aliphatic heterocycles. The summed E-state index contributed by atoms with van der Waals surface area (Å²) in [6.07, 6.45) is 27.4. The van der Waals surface area contributed by atoms with E-state index in [2.05, 4.69) is 42.0 Å². The Morgan fingerprint density at radius 2 is 1.67 bits per heavy atom. The van der Waals surface area contributed by atoms with Gasteiger partial charge < -0.3 is 9.84 Å². The molecule has 3 heteroatoms. The third kappa shape index (κ3) is 10.1. The summed E-state index contributed by atoms with van der Waals surface area (Å²) in [5, 5.41) is 11.0. The highest BCUT2D eigenvalue weighted by Gasteiger charge is 2.45. The molecule has 170 valence electrons. The summed E-state index contributed by atoms with van der Waals surface area (Å²) < 4.78 is 4.65. The van der Waals surface area contributed by atoms with Crippen molar-refractivity contribution in [3.63, 3.8) is 0 Å². The van der Waals surface area contributed by atoms with Gasteiger partial charge in [-0.2, -0.15) is 0 Å². The third-order valence-electron chi connectivity index (χ3n) is 6.58. The minimum Gasteiger partial charge on any atom is -0.469 e. The lowest BCUT2D eigenvalue weighted by Gasteiger charge is -2.29. The molecule has 2 unspecified atom stereocenters. The zero-order valence-electron chi connectivity index (χ0n) is 19.3. The second-order valence-electron chi connectivity index (χ2n) is 9.21. The number of methoxy groups -OCH3 is 1. The number of allylic oxidation sites excluding steroid dienone is 5. The van der Waals surface area contributed by atoms with Crippen LogP contribution in [0, 0.1) is 23.7 Å². The molecule has 1 N–H and O–H groups in total. The molecular weight excluding hydrogens is 372 g/mol. The Hall–Kier alpha value is -1.35. The first kappa shape index (κ1) is 24.9. The number of carbonyl (C=O) groups excluding carboxylic acids is 1. The summed E-state index contributed by atoms with van der Waals surface area (Å²) in [7, 11) is 1.43. The van der Waals surface area contributed by atoms with E-state index in [9.17, 15) is 9.90 Å². The van der Waals surface area contributed by atoms with E-state index in [1.54, 1.807) is 0 Å². The highest BCUT2D eigenvalue weighted by Crippen LogP contribution is 2.51. The molecule has 3 atom stereocenters. The summed E-state index contributed by atoms with van der Waals surface area (Å²) in [5.41, 5.74) is 0. The van der Waals surface area contributed by atoms with Gasteiger partial charge in [0.25, 0.3) is 0 Å². The van der Waals surface area contributed by atoms with E-state index in [1.807, 2.05) is 6.08 Å². The molecule has 2 aliphatic carbocycles. The number of esters is 1. The highest BCUT2D eigenvalue weighted by molar-refractivity contribution is 5.69. The minimum atomic E-state index is -0.315. The van der Waals surface area contributed by atoms with Crippen molar-refractivity contribution >= 4 is 5.97 Å². The van der Waals surface area contributed by atoms with Gasteiger partial charge >= 0.3 is 5.97 Å². The second-order valence-corrected chi connectivity index (χ2v) is 9.21. The van der Waals surface area contributed by atoms with Crippen molar-refractivity contribution in [2.24, 2.45) is 23.7 Å². The maximum Gasteiger partial charge on any atom is 0.305 e. The van der Waals surface area contributed by atoms with Gasteiger partial charge in [-0.25, -0.2) is 0 Å². The molecule has 3 nitrogen and oxygen atoms in total. The van der Waals surface area contributed by atoms with Crippen LogP contribution in [0.2, 0.25) is 0 Å². The van der Waals surface area contributed by atoms with Crippen LogP contribution in [0.5, 0.6) is 0 Å². The van der Waals surface area contributed by atoms with Crippen LogP contribution in [0.25, 0.3) is 0 Å². The standard InChI is InChI=1S/C27H44O3/c1-3-4-5-6-9-12-15-24(22-18-19-22)27(23-20-21-23)25(28)16-13-10-7-8-11-14-17-26(29)30-2/h7-9,12-13,16,22-25,27-28H,3-6,10-11,14-15,17-21H2,1-2H3/b8-7-,12-9-,16-13-/t24?,25-,27?/m0/s1. The van der Waals surface area contributed by atoms with Gasteiger partial charge in [0.2, 0.25) is 0 Å². The van der Waals surface area contributed by atoms with Crippen molar-refractivity contribution in [3.8, 4) is 0 Å². The molecule has 2 fully saturated rings. The maximum atomic E-state index is 11.1. The van der Waals surface area contributed by atoms with Crippen molar-refractivity contribution in [1.29, 1.82) is 0 Å². The first-order valence-corrected chi connectivity index (χ1v) is 12.4.